The highest BCUT2D eigenvalue weighted by atomic mass is 19.4. The largest absolute Gasteiger partial charge is 0.573 e. The second-order valence-electron chi connectivity index (χ2n) is 3.71. The fourth-order valence-corrected chi connectivity index (χ4v) is 1.60. The Hall–Kier alpha value is -2.24. The number of ether oxygens (including phenoxy) is 1. The summed E-state index contributed by atoms with van der Waals surface area (Å²) in [5.74, 6) is -1.90. The van der Waals surface area contributed by atoms with Crippen molar-refractivity contribution < 1.29 is 27.4 Å². The molecule has 1 N–H and O–H groups in total. The summed E-state index contributed by atoms with van der Waals surface area (Å²) < 4.78 is 53.6. The number of hydrogen-bond donors (Lipinski definition) is 1. The summed E-state index contributed by atoms with van der Waals surface area (Å²) in [5.41, 5.74) is 0.328. The third-order valence-electron chi connectivity index (χ3n) is 2.37. The van der Waals surface area contributed by atoms with Crippen LogP contribution < -0.4 is 4.74 Å². The van der Waals surface area contributed by atoms with Crippen LogP contribution in [0, 0.1) is 5.82 Å². The zero-order valence-corrected chi connectivity index (χ0v) is 9.41. The Morgan fingerprint density at radius 1 is 1.00 bits per heavy atom. The van der Waals surface area contributed by atoms with Crippen molar-refractivity contribution in [3.63, 3.8) is 0 Å². The normalized spacial score (nSPS) is 11.4. The fourth-order valence-electron chi connectivity index (χ4n) is 1.60. The Balaban J connectivity index is 2.47. The van der Waals surface area contributed by atoms with Gasteiger partial charge in [-0.05, 0) is 23.8 Å². The zero-order chi connectivity index (χ0) is 14.0. The molecule has 0 aliphatic rings. The van der Waals surface area contributed by atoms with Crippen LogP contribution in [0.2, 0.25) is 0 Å². The molecule has 0 radical (unpaired) electrons. The van der Waals surface area contributed by atoms with Crippen molar-refractivity contribution in [1.29, 1.82) is 0 Å². The lowest BCUT2D eigenvalue weighted by atomic mass is 10.0. The molecule has 0 aliphatic carbocycles. The van der Waals surface area contributed by atoms with E-state index in [4.69, 9.17) is 0 Å². The van der Waals surface area contributed by atoms with Gasteiger partial charge in [0.05, 0.1) is 0 Å². The predicted octanol–water partition coefficient (Wildman–Crippen LogP) is 4.10. The monoisotopic (exact) mass is 272 g/mol. The van der Waals surface area contributed by atoms with Gasteiger partial charge < -0.3 is 9.84 Å². The third-order valence-corrected chi connectivity index (χ3v) is 2.37. The van der Waals surface area contributed by atoms with Crippen LogP contribution in [0.4, 0.5) is 17.6 Å². The van der Waals surface area contributed by atoms with Gasteiger partial charge in [-0.25, -0.2) is 4.39 Å². The summed E-state index contributed by atoms with van der Waals surface area (Å²) >= 11 is 0. The van der Waals surface area contributed by atoms with Crippen LogP contribution in [-0.2, 0) is 0 Å². The number of aromatic hydroxyl groups is 1. The lowest BCUT2D eigenvalue weighted by Gasteiger charge is -2.13. The molecule has 0 unspecified atom stereocenters. The molecule has 6 heteroatoms. The maximum absolute atomic E-state index is 12.9. The second-order valence-corrected chi connectivity index (χ2v) is 3.71. The molecule has 100 valence electrons. The van der Waals surface area contributed by atoms with Gasteiger partial charge in [-0.15, -0.1) is 13.2 Å². The van der Waals surface area contributed by atoms with Crippen LogP contribution in [0.25, 0.3) is 11.1 Å². The number of phenols is 1. The maximum Gasteiger partial charge on any atom is 0.573 e. The molecule has 0 amide bonds. The van der Waals surface area contributed by atoms with Crippen LogP contribution in [0.5, 0.6) is 11.5 Å². The molecule has 0 saturated heterocycles. The minimum absolute atomic E-state index is 0.107. The molecular formula is C13H8F4O2. The van der Waals surface area contributed by atoms with Gasteiger partial charge in [0.2, 0.25) is 0 Å². The van der Waals surface area contributed by atoms with Crippen molar-refractivity contribution in [3.8, 4) is 22.6 Å². The molecule has 0 heterocycles. The van der Waals surface area contributed by atoms with Crippen molar-refractivity contribution in [2.45, 2.75) is 6.36 Å². The van der Waals surface area contributed by atoms with Crippen molar-refractivity contribution in [1.82, 2.24) is 0 Å². The predicted molar refractivity (Wildman–Crippen MR) is 60.2 cm³/mol. The van der Waals surface area contributed by atoms with E-state index in [9.17, 15) is 22.7 Å². The van der Waals surface area contributed by atoms with Gasteiger partial charge in [0.25, 0.3) is 0 Å². The number of phenolic OH excluding ortho intramolecular Hbond substituents is 1. The molecule has 19 heavy (non-hydrogen) atoms. The standard InChI is InChI=1S/C13H8F4O2/c14-10-6-5-8(7-11(10)18)9-3-1-2-4-12(9)19-13(15,16)17/h1-7,18H. The average Bonchev–Trinajstić information content (AvgIpc) is 2.31. The van der Waals surface area contributed by atoms with Gasteiger partial charge in [0, 0.05) is 5.56 Å². The lowest BCUT2D eigenvalue weighted by Crippen LogP contribution is -2.17. The highest BCUT2D eigenvalue weighted by molar-refractivity contribution is 5.71. The number of rotatable bonds is 2. The first-order valence-electron chi connectivity index (χ1n) is 5.20. The van der Waals surface area contributed by atoms with Crippen LogP contribution >= 0.6 is 0 Å². The Morgan fingerprint density at radius 2 is 1.68 bits per heavy atom. The molecule has 2 aromatic rings. The molecule has 0 aromatic heterocycles. The molecule has 2 nitrogen and oxygen atoms in total. The Labute approximate surface area is 105 Å². The summed E-state index contributed by atoms with van der Waals surface area (Å²) in [4.78, 5) is 0. The molecular weight excluding hydrogens is 264 g/mol. The van der Waals surface area contributed by atoms with Crippen LogP contribution in [-0.4, -0.2) is 11.5 Å². The Kier molecular flexibility index (Phi) is 3.33. The Bertz CT molecular complexity index is 593. The second kappa shape index (κ2) is 4.79. The fraction of sp³-hybridized carbons (Fsp3) is 0.0769. The van der Waals surface area contributed by atoms with Crippen molar-refractivity contribution >= 4 is 0 Å². The zero-order valence-electron chi connectivity index (χ0n) is 9.41. The van der Waals surface area contributed by atoms with E-state index >= 15 is 0 Å². The molecule has 2 aromatic carbocycles. The highest BCUT2D eigenvalue weighted by Crippen LogP contribution is 2.35. The number of halogens is 4. The third kappa shape index (κ3) is 3.15. The molecule has 0 spiro atoms. The van der Waals surface area contributed by atoms with Gasteiger partial charge in [0.1, 0.15) is 5.75 Å². The molecule has 0 bridgehead atoms. The van der Waals surface area contributed by atoms with Crippen molar-refractivity contribution in [2.24, 2.45) is 0 Å². The van der Waals surface area contributed by atoms with E-state index in [-0.39, 0.29) is 11.1 Å². The van der Waals surface area contributed by atoms with Gasteiger partial charge in [0.15, 0.2) is 11.6 Å². The van der Waals surface area contributed by atoms with E-state index in [1.807, 2.05) is 0 Å². The maximum atomic E-state index is 12.9. The van der Waals surface area contributed by atoms with Crippen molar-refractivity contribution in [2.75, 3.05) is 0 Å². The minimum atomic E-state index is -4.82. The smallest absolute Gasteiger partial charge is 0.505 e. The van der Waals surface area contributed by atoms with Crippen LogP contribution in [0.3, 0.4) is 0 Å². The van der Waals surface area contributed by atoms with Crippen LogP contribution in [0.15, 0.2) is 42.5 Å². The van der Waals surface area contributed by atoms with E-state index < -0.39 is 23.7 Å². The molecule has 2 rings (SSSR count). The Morgan fingerprint density at radius 3 is 2.32 bits per heavy atom. The van der Waals surface area contributed by atoms with E-state index in [1.165, 1.54) is 24.3 Å². The van der Waals surface area contributed by atoms with Crippen molar-refractivity contribution in [3.05, 3.63) is 48.3 Å². The van der Waals surface area contributed by atoms with Gasteiger partial charge in [-0.2, -0.15) is 0 Å². The summed E-state index contributed by atoms with van der Waals surface area (Å²) in [6.07, 6.45) is -4.82. The first kappa shape index (κ1) is 13.2. The summed E-state index contributed by atoms with van der Waals surface area (Å²) in [7, 11) is 0. The van der Waals surface area contributed by atoms with E-state index in [0.717, 1.165) is 18.2 Å². The molecule has 0 aliphatic heterocycles. The van der Waals surface area contributed by atoms with Gasteiger partial charge >= 0.3 is 6.36 Å². The minimum Gasteiger partial charge on any atom is -0.505 e. The number of hydrogen-bond acceptors (Lipinski definition) is 2. The van der Waals surface area contributed by atoms with Crippen LogP contribution in [0.1, 0.15) is 0 Å². The topological polar surface area (TPSA) is 29.5 Å². The van der Waals surface area contributed by atoms with E-state index in [0.29, 0.717) is 0 Å². The SMILES string of the molecule is Oc1cc(-c2ccccc2OC(F)(F)F)ccc1F. The van der Waals surface area contributed by atoms with Gasteiger partial charge in [-0.1, -0.05) is 24.3 Å². The summed E-state index contributed by atoms with van der Waals surface area (Å²) in [6.45, 7) is 0. The molecule has 0 atom stereocenters. The number of benzene rings is 2. The summed E-state index contributed by atoms with van der Waals surface area (Å²) in [5, 5.41) is 9.25. The molecule has 0 fully saturated rings. The first-order valence-corrected chi connectivity index (χ1v) is 5.20. The number of alkyl halides is 3. The van der Waals surface area contributed by atoms with Gasteiger partial charge in [-0.3, -0.25) is 0 Å². The van der Waals surface area contributed by atoms with E-state index in [2.05, 4.69) is 4.74 Å². The number of para-hydroxylation sites is 1. The lowest BCUT2D eigenvalue weighted by molar-refractivity contribution is -0.274. The van der Waals surface area contributed by atoms with E-state index in [1.54, 1.807) is 0 Å². The first-order chi connectivity index (χ1) is 8.87. The average molecular weight is 272 g/mol. The summed E-state index contributed by atoms with van der Waals surface area (Å²) in [6, 6.07) is 8.68. The quantitative estimate of drug-likeness (QED) is 0.834. The molecule has 0 saturated carbocycles. The highest BCUT2D eigenvalue weighted by Gasteiger charge is 2.32.